The van der Waals surface area contributed by atoms with Crippen LogP contribution in [-0.4, -0.2) is 0 Å². The molecule has 2 nitrogen and oxygen atoms in total. The van der Waals surface area contributed by atoms with Crippen LogP contribution in [0.5, 0.6) is 0 Å². The van der Waals surface area contributed by atoms with Gasteiger partial charge in [-0.05, 0) is 133 Å². The Hall–Kier alpha value is -7.46. The van der Waals surface area contributed by atoms with Crippen LogP contribution in [0.25, 0.3) is 108 Å². The van der Waals surface area contributed by atoms with E-state index in [1.165, 1.54) is 86.2 Å². The molecular formula is C56H33NOS. The third kappa shape index (κ3) is 4.99. The van der Waals surface area contributed by atoms with Crippen LogP contribution in [-0.2, 0) is 0 Å². The van der Waals surface area contributed by atoms with E-state index in [4.69, 9.17) is 4.42 Å². The van der Waals surface area contributed by atoms with Crippen molar-refractivity contribution in [1.29, 1.82) is 0 Å². The minimum Gasteiger partial charge on any atom is -0.454 e. The molecule has 0 saturated heterocycles. The molecule has 2 aromatic heterocycles. The number of rotatable bonds is 5. The lowest BCUT2D eigenvalue weighted by Gasteiger charge is -2.29. The van der Waals surface area contributed by atoms with Crippen molar-refractivity contribution in [2.24, 2.45) is 0 Å². The Morgan fingerprint density at radius 2 is 0.966 bits per heavy atom. The maximum atomic E-state index is 6.80. The summed E-state index contributed by atoms with van der Waals surface area (Å²) in [5, 5.41) is 9.71. The Morgan fingerprint density at radius 3 is 1.75 bits per heavy atom. The van der Waals surface area contributed by atoms with Crippen molar-refractivity contribution in [2.45, 2.75) is 0 Å². The largest absolute Gasteiger partial charge is 0.454 e. The molecular weight excluding hydrogens is 735 g/mol. The van der Waals surface area contributed by atoms with Crippen LogP contribution in [0, 0.1) is 0 Å². The van der Waals surface area contributed by atoms with Gasteiger partial charge < -0.3 is 9.32 Å². The van der Waals surface area contributed by atoms with Gasteiger partial charge in [-0.25, -0.2) is 0 Å². The number of furan rings is 1. The van der Waals surface area contributed by atoms with E-state index in [1.807, 2.05) is 17.4 Å². The van der Waals surface area contributed by atoms with Crippen molar-refractivity contribution in [3.05, 3.63) is 200 Å². The summed E-state index contributed by atoms with van der Waals surface area (Å²) >= 11 is 1.86. The molecule has 0 aliphatic heterocycles. The van der Waals surface area contributed by atoms with Crippen LogP contribution >= 0.6 is 11.3 Å². The van der Waals surface area contributed by atoms with Gasteiger partial charge >= 0.3 is 0 Å². The van der Waals surface area contributed by atoms with Gasteiger partial charge in [0.2, 0.25) is 0 Å². The molecule has 0 unspecified atom stereocenters. The molecule has 59 heavy (non-hydrogen) atoms. The zero-order chi connectivity index (χ0) is 38.6. The highest BCUT2D eigenvalue weighted by Crippen LogP contribution is 2.52. The average Bonchev–Trinajstić information content (AvgIpc) is 3.87. The second-order valence-electron chi connectivity index (χ2n) is 15.7. The van der Waals surface area contributed by atoms with E-state index in [2.05, 4.69) is 199 Å². The van der Waals surface area contributed by atoms with E-state index >= 15 is 0 Å². The molecule has 0 fully saturated rings. The zero-order valence-corrected chi connectivity index (χ0v) is 32.6. The Kier molecular flexibility index (Phi) is 6.92. The predicted molar refractivity (Wildman–Crippen MR) is 252 cm³/mol. The molecule has 0 atom stereocenters. The van der Waals surface area contributed by atoms with Crippen LogP contribution < -0.4 is 4.90 Å². The molecule has 0 N–H and O–H groups in total. The number of nitrogens with zero attached hydrogens (tertiary/aromatic N) is 1. The zero-order valence-electron chi connectivity index (χ0n) is 31.8. The molecule has 1 aliphatic carbocycles. The van der Waals surface area contributed by atoms with Gasteiger partial charge in [0, 0.05) is 42.2 Å². The monoisotopic (exact) mass is 767 g/mol. The number of anilines is 3. The lowest BCUT2D eigenvalue weighted by atomic mass is 9.77. The molecule has 10 aromatic carbocycles. The Labute approximate surface area is 344 Å². The van der Waals surface area contributed by atoms with Crippen molar-refractivity contribution in [3.63, 3.8) is 0 Å². The van der Waals surface area contributed by atoms with E-state index in [9.17, 15) is 0 Å². The van der Waals surface area contributed by atoms with Gasteiger partial charge in [-0.15, -0.1) is 11.3 Å². The van der Waals surface area contributed by atoms with Crippen molar-refractivity contribution in [1.82, 2.24) is 0 Å². The standard InChI is InChI=1S/C56H33NOS/c1-3-12-34(13-4-1)36-22-23-37-28-46-47-29-38-24-25-41(27-40(38)31-49(47)48(46)30-39(37)26-36)57(51-19-11-18-44-42-16-7-9-20-53(42)58-56(44)51)52-32-50-43-17-8-10-21-54(43)59-55(50)33-45(52)35-14-5-2-6-15-35/h1-33H. The fraction of sp³-hybridized carbons (Fsp3) is 0. The van der Waals surface area contributed by atoms with Gasteiger partial charge in [0.25, 0.3) is 0 Å². The Balaban J connectivity index is 1.04. The summed E-state index contributed by atoms with van der Waals surface area (Å²) in [6.07, 6.45) is 0. The first-order valence-corrected chi connectivity index (χ1v) is 21.0. The summed E-state index contributed by atoms with van der Waals surface area (Å²) in [5.74, 6) is 0. The highest BCUT2D eigenvalue weighted by Gasteiger charge is 2.27. The van der Waals surface area contributed by atoms with Gasteiger partial charge in [-0.3, -0.25) is 0 Å². The number of thiophene rings is 1. The highest BCUT2D eigenvalue weighted by atomic mass is 32.1. The molecule has 1 aliphatic rings. The number of para-hydroxylation sites is 2. The average molecular weight is 768 g/mol. The molecule has 2 heterocycles. The lowest BCUT2D eigenvalue weighted by Crippen LogP contribution is -2.11. The summed E-state index contributed by atoms with van der Waals surface area (Å²) in [5.41, 5.74) is 15.0. The van der Waals surface area contributed by atoms with Crippen molar-refractivity contribution in [2.75, 3.05) is 4.90 Å². The van der Waals surface area contributed by atoms with Crippen LogP contribution in [0.3, 0.4) is 0 Å². The van der Waals surface area contributed by atoms with Crippen molar-refractivity contribution in [3.8, 4) is 44.5 Å². The first kappa shape index (κ1) is 32.6. The third-order valence-corrected chi connectivity index (χ3v) is 13.5. The van der Waals surface area contributed by atoms with E-state index in [0.717, 1.165) is 39.0 Å². The summed E-state index contributed by atoms with van der Waals surface area (Å²) in [6, 6.07) is 73.3. The second kappa shape index (κ2) is 12.5. The fourth-order valence-electron chi connectivity index (χ4n) is 9.47. The van der Waals surface area contributed by atoms with Crippen LogP contribution in [0.15, 0.2) is 205 Å². The molecule has 3 heteroatoms. The minimum atomic E-state index is 0.871. The van der Waals surface area contributed by atoms with Crippen LogP contribution in [0.1, 0.15) is 0 Å². The topological polar surface area (TPSA) is 16.4 Å². The first-order valence-electron chi connectivity index (χ1n) is 20.1. The Morgan fingerprint density at radius 1 is 0.339 bits per heavy atom. The number of benzene rings is 10. The molecule has 0 bridgehead atoms. The SMILES string of the molecule is c1ccc(-c2ccc3cc4c(cc3c2)-c2cc3cc(N(c5cc6c(cc5-c5ccccc5)sc5ccccc56)c5cccc6c5oc5ccccc56)ccc3cc2-4)cc1. The molecule has 0 radical (unpaired) electrons. The maximum absolute atomic E-state index is 6.80. The van der Waals surface area contributed by atoms with Crippen LogP contribution in [0.4, 0.5) is 17.1 Å². The molecule has 0 amide bonds. The smallest absolute Gasteiger partial charge is 0.159 e. The number of fused-ring (bicyclic) bond motifs is 12. The van der Waals surface area contributed by atoms with Gasteiger partial charge in [0.05, 0.1) is 11.4 Å². The van der Waals surface area contributed by atoms with Gasteiger partial charge in [-0.2, -0.15) is 0 Å². The van der Waals surface area contributed by atoms with Gasteiger partial charge in [-0.1, -0.05) is 127 Å². The summed E-state index contributed by atoms with van der Waals surface area (Å²) < 4.78 is 9.36. The first-order chi connectivity index (χ1) is 29.2. The Bertz CT molecular complexity index is 3670. The predicted octanol–water partition coefficient (Wildman–Crippen LogP) is 16.7. The van der Waals surface area contributed by atoms with E-state index in [0.29, 0.717) is 0 Å². The molecule has 13 rings (SSSR count). The van der Waals surface area contributed by atoms with Gasteiger partial charge in [0.1, 0.15) is 5.58 Å². The van der Waals surface area contributed by atoms with Crippen molar-refractivity contribution >= 4 is 92.1 Å². The normalized spacial score (nSPS) is 12.1. The molecule has 0 saturated carbocycles. The van der Waals surface area contributed by atoms with E-state index in [1.54, 1.807) is 0 Å². The summed E-state index contributed by atoms with van der Waals surface area (Å²) in [6.45, 7) is 0. The minimum absolute atomic E-state index is 0.871. The second-order valence-corrected chi connectivity index (χ2v) is 16.8. The maximum Gasteiger partial charge on any atom is 0.159 e. The fourth-order valence-corrected chi connectivity index (χ4v) is 10.6. The molecule has 12 aromatic rings. The number of hydrogen-bond acceptors (Lipinski definition) is 3. The number of hydrogen-bond donors (Lipinski definition) is 0. The van der Waals surface area contributed by atoms with Crippen molar-refractivity contribution < 1.29 is 4.42 Å². The quantitative estimate of drug-likeness (QED) is 0.173. The van der Waals surface area contributed by atoms with E-state index < -0.39 is 0 Å². The van der Waals surface area contributed by atoms with E-state index in [-0.39, 0.29) is 0 Å². The summed E-state index contributed by atoms with van der Waals surface area (Å²) in [7, 11) is 0. The molecule has 274 valence electrons. The highest BCUT2D eigenvalue weighted by molar-refractivity contribution is 7.25. The third-order valence-electron chi connectivity index (χ3n) is 12.3. The van der Waals surface area contributed by atoms with Crippen LogP contribution in [0.2, 0.25) is 0 Å². The molecule has 0 spiro atoms. The summed E-state index contributed by atoms with van der Waals surface area (Å²) in [4.78, 5) is 2.43. The lowest BCUT2D eigenvalue weighted by molar-refractivity contribution is 0.669. The van der Waals surface area contributed by atoms with Gasteiger partial charge in [0.15, 0.2) is 5.58 Å².